The number of morpholine rings is 1. The Kier molecular flexibility index (Phi) is 7.41. The Morgan fingerprint density at radius 1 is 1.11 bits per heavy atom. The number of fused-ring (bicyclic) bond motifs is 2. The Labute approximate surface area is 223 Å². The zero-order chi connectivity index (χ0) is 26.2. The second-order valence-electron chi connectivity index (χ2n) is 11.0. The fourth-order valence-corrected chi connectivity index (χ4v) is 6.35. The molecule has 1 amide bonds. The van der Waals surface area contributed by atoms with Gasteiger partial charge in [0.15, 0.2) is 6.54 Å². The van der Waals surface area contributed by atoms with E-state index < -0.39 is 5.60 Å². The van der Waals surface area contributed by atoms with Gasteiger partial charge < -0.3 is 19.3 Å². The van der Waals surface area contributed by atoms with Crippen LogP contribution in [0.2, 0.25) is 0 Å². The topological polar surface area (TPSA) is 57.9 Å². The molecule has 0 atom stereocenters. The van der Waals surface area contributed by atoms with Crippen molar-refractivity contribution in [1.29, 1.82) is 0 Å². The number of aromatic nitrogens is 1. The maximum atomic E-state index is 12.6. The molecule has 5 rings (SSSR count). The van der Waals surface area contributed by atoms with Crippen LogP contribution in [0.3, 0.4) is 0 Å². The van der Waals surface area contributed by atoms with Gasteiger partial charge in [0.05, 0.1) is 40.5 Å². The molecule has 8 heteroatoms. The van der Waals surface area contributed by atoms with E-state index in [-0.39, 0.29) is 6.09 Å². The standard InChI is InChI=1S/C29H39N4O3S/c1-6-21-17-23(31-8-7-9-33(11-10-31)28(34)36-29(3,4)5)19-25-27(21)30-26-20(2)16-22(18-24(26)37-25)32-12-14-35-15-13-32/h16-19H,6-15H2,1-5H3/q+1. The number of anilines is 1. The van der Waals surface area contributed by atoms with Crippen molar-refractivity contribution in [3.63, 3.8) is 0 Å². The molecule has 1 aromatic rings. The molecular weight excluding hydrogens is 484 g/mol. The molecule has 0 spiro atoms. The van der Waals surface area contributed by atoms with Gasteiger partial charge in [-0.1, -0.05) is 6.92 Å². The lowest BCUT2D eigenvalue weighted by molar-refractivity contribution is 0.0262. The number of rotatable bonds is 2. The summed E-state index contributed by atoms with van der Waals surface area (Å²) >= 11 is 1.84. The Hall–Kier alpha value is -2.71. The molecule has 198 valence electrons. The highest BCUT2D eigenvalue weighted by Gasteiger charge is 2.26. The molecule has 1 aliphatic carbocycles. The maximum Gasteiger partial charge on any atom is 0.410 e. The van der Waals surface area contributed by atoms with Crippen molar-refractivity contribution in [2.24, 2.45) is 0 Å². The van der Waals surface area contributed by atoms with Crippen LogP contribution >= 0.6 is 11.3 Å². The smallest absolute Gasteiger partial charge is 0.410 e. The van der Waals surface area contributed by atoms with Crippen LogP contribution in [0.15, 0.2) is 24.3 Å². The van der Waals surface area contributed by atoms with Crippen LogP contribution < -0.4 is 14.8 Å². The number of carbonyl (C=O) groups excluding carboxylic acids is 1. The van der Waals surface area contributed by atoms with Crippen LogP contribution in [-0.2, 0) is 15.9 Å². The zero-order valence-corrected chi connectivity index (χ0v) is 23.6. The van der Waals surface area contributed by atoms with Crippen LogP contribution in [0.4, 0.5) is 10.5 Å². The lowest BCUT2D eigenvalue weighted by Gasteiger charge is -2.29. The van der Waals surface area contributed by atoms with Crippen LogP contribution in [0, 0.1) is 6.92 Å². The molecule has 0 N–H and O–H groups in total. The van der Waals surface area contributed by atoms with Crippen molar-refractivity contribution < 1.29 is 14.3 Å². The molecule has 0 saturated carbocycles. The second-order valence-corrected chi connectivity index (χ2v) is 12.1. The highest BCUT2D eigenvalue weighted by Crippen LogP contribution is 2.36. The van der Waals surface area contributed by atoms with Crippen molar-refractivity contribution in [3.8, 4) is 10.6 Å². The van der Waals surface area contributed by atoms with Gasteiger partial charge in [0, 0.05) is 43.9 Å². The number of amides is 1. The van der Waals surface area contributed by atoms with Crippen molar-refractivity contribution >= 4 is 33.3 Å². The van der Waals surface area contributed by atoms with E-state index in [1.807, 2.05) is 37.0 Å². The normalized spacial score (nSPS) is 18.8. The van der Waals surface area contributed by atoms with E-state index in [9.17, 15) is 4.79 Å². The quantitative estimate of drug-likeness (QED) is 0.365. The summed E-state index contributed by atoms with van der Waals surface area (Å²) in [7, 11) is 0. The first kappa shape index (κ1) is 25.9. The summed E-state index contributed by atoms with van der Waals surface area (Å²) in [4.78, 5) is 23.3. The van der Waals surface area contributed by atoms with Crippen LogP contribution in [-0.4, -0.2) is 74.1 Å². The van der Waals surface area contributed by atoms with Gasteiger partial charge >= 0.3 is 6.09 Å². The fourth-order valence-electron chi connectivity index (χ4n) is 5.18. The van der Waals surface area contributed by atoms with Gasteiger partial charge in [-0.3, -0.25) is 0 Å². The Morgan fingerprint density at radius 2 is 1.89 bits per heavy atom. The summed E-state index contributed by atoms with van der Waals surface area (Å²) in [6, 6.07) is 9.17. The van der Waals surface area contributed by atoms with Gasteiger partial charge in [-0.2, -0.15) is 0 Å². The Morgan fingerprint density at radius 3 is 2.62 bits per heavy atom. The molecule has 2 saturated heterocycles. The first-order chi connectivity index (χ1) is 17.7. The third-order valence-electron chi connectivity index (χ3n) is 7.10. The molecule has 4 aliphatic rings. The van der Waals surface area contributed by atoms with Gasteiger partial charge in [0.25, 0.3) is 0 Å². The second kappa shape index (κ2) is 10.6. The number of aryl methyl sites for hydroxylation is 2. The number of hydrogen-bond acceptors (Lipinski definition) is 6. The third kappa shape index (κ3) is 5.75. The average Bonchev–Trinajstić information content (AvgIpc) is 3.13. The number of nitrogens with zero attached hydrogens (tertiary/aromatic N) is 4. The van der Waals surface area contributed by atoms with E-state index in [0.29, 0.717) is 6.54 Å². The van der Waals surface area contributed by atoms with Crippen molar-refractivity contribution in [2.45, 2.75) is 53.1 Å². The van der Waals surface area contributed by atoms with Gasteiger partial charge in [-0.25, -0.2) is 14.4 Å². The number of ether oxygens (including phenoxy) is 2. The third-order valence-corrected chi connectivity index (χ3v) is 8.16. The van der Waals surface area contributed by atoms with E-state index in [2.05, 4.69) is 47.6 Å². The minimum Gasteiger partial charge on any atom is -0.444 e. The van der Waals surface area contributed by atoms with Crippen molar-refractivity contribution in [2.75, 3.05) is 57.4 Å². The molecule has 3 heterocycles. The van der Waals surface area contributed by atoms with E-state index >= 15 is 0 Å². The molecular formula is C29H39N4O3S+. The molecule has 0 aromatic heterocycles. The van der Waals surface area contributed by atoms with Crippen LogP contribution in [0.25, 0.3) is 20.8 Å². The minimum absolute atomic E-state index is 0.216. The zero-order valence-electron chi connectivity index (χ0n) is 22.8. The lowest BCUT2D eigenvalue weighted by atomic mass is 10.1. The summed E-state index contributed by atoms with van der Waals surface area (Å²) in [5.74, 6) is 0. The van der Waals surface area contributed by atoms with Gasteiger partial charge in [-0.15, -0.1) is 11.3 Å². The lowest BCUT2D eigenvalue weighted by Crippen LogP contribution is -2.39. The van der Waals surface area contributed by atoms with Gasteiger partial charge in [-0.05, 0) is 57.4 Å². The fraction of sp³-hybridized carbons (Fsp3) is 0.552. The Balaban J connectivity index is 1.52. The van der Waals surface area contributed by atoms with Crippen molar-refractivity contribution in [3.05, 3.63) is 40.7 Å². The van der Waals surface area contributed by atoms with E-state index in [4.69, 9.17) is 14.5 Å². The first-order valence-electron chi connectivity index (χ1n) is 13.5. The van der Waals surface area contributed by atoms with E-state index in [1.54, 1.807) is 0 Å². The monoisotopic (exact) mass is 523 g/mol. The highest BCUT2D eigenvalue weighted by molar-refractivity contribution is 7.21. The average molecular weight is 524 g/mol. The molecule has 0 unspecified atom stereocenters. The number of carbonyl (C=O) groups is 1. The predicted octanol–water partition coefficient (Wildman–Crippen LogP) is 4.52. The molecule has 0 radical (unpaired) electrons. The predicted molar refractivity (Wildman–Crippen MR) is 151 cm³/mol. The van der Waals surface area contributed by atoms with Crippen LogP contribution in [0.1, 0.15) is 45.2 Å². The summed E-state index contributed by atoms with van der Waals surface area (Å²) in [6.45, 7) is 16.6. The maximum absolute atomic E-state index is 12.6. The number of hydrogen-bond donors (Lipinski definition) is 0. The minimum atomic E-state index is -0.478. The summed E-state index contributed by atoms with van der Waals surface area (Å²) < 4.78 is 14.8. The van der Waals surface area contributed by atoms with Gasteiger partial charge in [0.1, 0.15) is 12.1 Å². The van der Waals surface area contributed by atoms with E-state index in [1.165, 1.54) is 31.7 Å². The molecule has 3 aliphatic heterocycles. The largest absolute Gasteiger partial charge is 0.444 e. The summed E-state index contributed by atoms with van der Waals surface area (Å²) in [5.41, 5.74) is 5.48. The molecule has 7 nitrogen and oxygen atoms in total. The molecule has 37 heavy (non-hydrogen) atoms. The molecule has 0 bridgehead atoms. The highest BCUT2D eigenvalue weighted by atomic mass is 32.1. The number of benzene rings is 2. The Bertz CT molecular complexity index is 1340. The first-order valence-corrected chi connectivity index (χ1v) is 14.3. The van der Waals surface area contributed by atoms with E-state index in [0.717, 1.165) is 70.0 Å². The SMILES string of the molecule is CCc1cc(=[N+]2CCCN(C(=O)OC(C)(C)C)CC2)cc2sc3cc(N4CCOCC4)cc(C)c3nc1-2. The van der Waals surface area contributed by atoms with Crippen molar-refractivity contribution in [1.82, 2.24) is 14.5 Å². The summed E-state index contributed by atoms with van der Waals surface area (Å²) in [5, 5.41) is 1.22. The van der Waals surface area contributed by atoms with Gasteiger partial charge in [0.2, 0.25) is 5.36 Å². The molecule has 1 aromatic carbocycles. The van der Waals surface area contributed by atoms with Crippen LogP contribution in [0.5, 0.6) is 0 Å². The molecule has 2 fully saturated rings. The summed E-state index contributed by atoms with van der Waals surface area (Å²) in [6.07, 6.45) is 1.63.